The third-order valence-corrected chi connectivity index (χ3v) is 3.02. The van der Waals surface area contributed by atoms with Crippen molar-refractivity contribution in [2.24, 2.45) is 5.92 Å². The molecule has 0 N–H and O–H groups in total. The standard InChI is InChI=1S/C10H22BrN/c1-4-6-12(7-5-2)9-10(3)8-11/h10H,4-9H2,1-3H3. The van der Waals surface area contributed by atoms with E-state index in [4.69, 9.17) is 0 Å². The molecule has 0 aliphatic carbocycles. The molecule has 0 spiro atoms. The molecule has 1 unspecified atom stereocenters. The predicted octanol–water partition coefficient (Wildman–Crippen LogP) is 3.14. The van der Waals surface area contributed by atoms with E-state index in [0.29, 0.717) is 0 Å². The Hall–Kier alpha value is 0.440. The lowest BCUT2D eigenvalue weighted by atomic mass is 10.2. The first-order valence-corrected chi connectivity index (χ1v) is 6.15. The van der Waals surface area contributed by atoms with Gasteiger partial charge in [0.2, 0.25) is 0 Å². The maximum atomic E-state index is 3.52. The summed E-state index contributed by atoms with van der Waals surface area (Å²) in [6, 6.07) is 0. The van der Waals surface area contributed by atoms with Crippen LogP contribution in [0.3, 0.4) is 0 Å². The van der Waals surface area contributed by atoms with Crippen molar-refractivity contribution in [3.63, 3.8) is 0 Å². The summed E-state index contributed by atoms with van der Waals surface area (Å²) >= 11 is 3.52. The van der Waals surface area contributed by atoms with Crippen LogP contribution in [0.5, 0.6) is 0 Å². The zero-order chi connectivity index (χ0) is 9.40. The van der Waals surface area contributed by atoms with Gasteiger partial charge in [-0.2, -0.15) is 0 Å². The maximum Gasteiger partial charge on any atom is 0.00692 e. The highest BCUT2D eigenvalue weighted by molar-refractivity contribution is 9.09. The minimum absolute atomic E-state index is 0.781. The molecule has 12 heavy (non-hydrogen) atoms. The molecule has 0 fully saturated rings. The molecule has 74 valence electrons. The Morgan fingerprint density at radius 3 is 2.00 bits per heavy atom. The zero-order valence-electron chi connectivity index (χ0n) is 8.65. The Labute approximate surface area is 85.7 Å². The first kappa shape index (κ1) is 12.4. The fraction of sp³-hybridized carbons (Fsp3) is 1.00. The predicted molar refractivity (Wildman–Crippen MR) is 60.0 cm³/mol. The van der Waals surface area contributed by atoms with Crippen molar-refractivity contribution in [3.05, 3.63) is 0 Å². The number of alkyl halides is 1. The molecule has 0 aliphatic heterocycles. The summed E-state index contributed by atoms with van der Waals surface area (Å²) in [5.74, 6) is 0.781. The third kappa shape index (κ3) is 6.01. The molecule has 0 heterocycles. The van der Waals surface area contributed by atoms with Crippen LogP contribution < -0.4 is 0 Å². The fourth-order valence-electron chi connectivity index (χ4n) is 1.42. The molecule has 2 heteroatoms. The highest BCUT2D eigenvalue weighted by atomic mass is 79.9. The smallest absolute Gasteiger partial charge is 0.00692 e. The molecule has 0 aromatic heterocycles. The molecule has 0 amide bonds. The topological polar surface area (TPSA) is 3.24 Å². The summed E-state index contributed by atoms with van der Waals surface area (Å²) in [7, 11) is 0. The second-order valence-corrected chi connectivity index (χ2v) is 4.21. The van der Waals surface area contributed by atoms with Gasteiger partial charge in [-0.15, -0.1) is 0 Å². The molecule has 0 aromatic carbocycles. The van der Waals surface area contributed by atoms with Crippen LogP contribution in [0.4, 0.5) is 0 Å². The number of nitrogens with zero attached hydrogens (tertiary/aromatic N) is 1. The molecule has 0 aromatic rings. The SMILES string of the molecule is CCCN(CCC)CC(C)CBr. The van der Waals surface area contributed by atoms with E-state index in [1.54, 1.807) is 0 Å². The quantitative estimate of drug-likeness (QED) is 0.614. The number of hydrogen-bond acceptors (Lipinski definition) is 1. The lowest BCUT2D eigenvalue weighted by molar-refractivity contribution is 0.247. The Morgan fingerprint density at radius 2 is 1.67 bits per heavy atom. The van der Waals surface area contributed by atoms with Crippen LogP contribution in [-0.2, 0) is 0 Å². The summed E-state index contributed by atoms with van der Waals surface area (Å²) in [4.78, 5) is 2.56. The van der Waals surface area contributed by atoms with Crippen LogP contribution in [0.2, 0.25) is 0 Å². The van der Waals surface area contributed by atoms with E-state index < -0.39 is 0 Å². The minimum Gasteiger partial charge on any atom is -0.303 e. The first-order chi connectivity index (χ1) is 5.74. The van der Waals surface area contributed by atoms with E-state index in [1.165, 1.54) is 32.5 Å². The number of rotatable bonds is 7. The van der Waals surface area contributed by atoms with E-state index in [9.17, 15) is 0 Å². The van der Waals surface area contributed by atoms with E-state index in [-0.39, 0.29) is 0 Å². The van der Waals surface area contributed by atoms with Gasteiger partial charge in [-0.25, -0.2) is 0 Å². The van der Waals surface area contributed by atoms with Gasteiger partial charge in [-0.3, -0.25) is 0 Å². The lowest BCUT2D eigenvalue weighted by Gasteiger charge is -2.23. The van der Waals surface area contributed by atoms with Crippen LogP contribution in [0.1, 0.15) is 33.6 Å². The van der Waals surface area contributed by atoms with Gasteiger partial charge in [0.1, 0.15) is 0 Å². The van der Waals surface area contributed by atoms with Crippen molar-refractivity contribution in [2.45, 2.75) is 33.6 Å². The van der Waals surface area contributed by atoms with Crippen LogP contribution in [0, 0.1) is 5.92 Å². The van der Waals surface area contributed by atoms with Crippen LogP contribution in [0.15, 0.2) is 0 Å². The van der Waals surface area contributed by atoms with Crippen LogP contribution in [0.25, 0.3) is 0 Å². The molecule has 0 aliphatic rings. The molecule has 0 rings (SSSR count). The molecule has 0 saturated carbocycles. The second kappa shape index (κ2) is 8.06. The lowest BCUT2D eigenvalue weighted by Crippen LogP contribution is -2.30. The molecule has 0 radical (unpaired) electrons. The van der Waals surface area contributed by atoms with E-state index in [0.717, 1.165) is 11.2 Å². The molecule has 0 bridgehead atoms. The summed E-state index contributed by atoms with van der Waals surface area (Å²) in [5.41, 5.74) is 0. The molecular formula is C10H22BrN. The van der Waals surface area contributed by atoms with Crippen molar-refractivity contribution in [1.29, 1.82) is 0 Å². The van der Waals surface area contributed by atoms with Gasteiger partial charge in [0, 0.05) is 11.9 Å². The van der Waals surface area contributed by atoms with Crippen LogP contribution >= 0.6 is 15.9 Å². The third-order valence-electron chi connectivity index (χ3n) is 1.91. The Bertz CT molecular complexity index is 89.8. The summed E-state index contributed by atoms with van der Waals surface area (Å²) < 4.78 is 0. The van der Waals surface area contributed by atoms with Crippen molar-refractivity contribution < 1.29 is 0 Å². The average Bonchev–Trinajstić information content (AvgIpc) is 2.05. The Morgan fingerprint density at radius 1 is 1.17 bits per heavy atom. The van der Waals surface area contributed by atoms with Crippen molar-refractivity contribution >= 4 is 15.9 Å². The molecule has 0 saturated heterocycles. The first-order valence-electron chi connectivity index (χ1n) is 5.02. The van der Waals surface area contributed by atoms with Gasteiger partial charge >= 0.3 is 0 Å². The second-order valence-electron chi connectivity index (χ2n) is 3.56. The van der Waals surface area contributed by atoms with Gasteiger partial charge in [0.25, 0.3) is 0 Å². The Balaban J connectivity index is 3.61. The van der Waals surface area contributed by atoms with E-state index in [2.05, 4.69) is 41.6 Å². The summed E-state index contributed by atoms with van der Waals surface area (Å²) in [6.45, 7) is 10.6. The minimum atomic E-state index is 0.781. The van der Waals surface area contributed by atoms with Gasteiger partial charge in [-0.05, 0) is 31.8 Å². The monoisotopic (exact) mass is 235 g/mol. The fourth-order valence-corrected chi connectivity index (χ4v) is 1.62. The largest absolute Gasteiger partial charge is 0.303 e. The van der Waals surface area contributed by atoms with Gasteiger partial charge in [0.15, 0.2) is 0 Å². The van der Waals surface area contributed by atoms with E-state index in [1.807, 2.05) is 0 Å². The molecule has 1 atom stereocenters. The normalized spacial score (nSPS) is 13.8. The Kier molecular flexibility index (Phi) is 8.35. The summed E-state index contributed by atoms with van der Waals surface area (Å²) in [5, 5.41) is 1.12. The summed E-state index contributed by atoms with van der Waals surface area (Å²) in [6.07, 6.45) is 2.55. The van der Waals surface area contributed by atoms with Gasteiger partial charge in [-0.1, -0.05) is 36.7 Å². The number of halogens is 1. The van der Waals surface area contributed by atoms with Crippen molar-refractivity contribution in [1.82, 2.24) is 4.90 Å². The zero-order valence-corrected chi connectivity index (χ0v) is 10.2. The number of hydrogen-bond donors (Lipinski definition) is 0. The van der Waals surface area contributed by atoms with Gasteiger partial charge in [0.05, 0.1) is 0 Å². The van der Waals surface area contributed by atoms with Crippen molar-refractivity contribution in [2.75, 3.05) is 25.0 Å². The van der Waals surface area contributed by atoms with E-state index >= 15 is 0 Å². The molecule has 1 nitrogen and oxygen atoms in total. The molecular weight excluding hydrogens is 214 g/mol. The highest BCUT2D eigenvalue weighted by Gasteiger charge is 2.06. The average molecular weight is 236 g/mol. The maximum absolute atomic E-state index is 3.52. The van der Waals surface area contributed by atoms with Gasteiger partial charge < -0.3 is 4.90 Å². The van der Waals surface area contributed by atoms with Crippen molar-refractivity contribution in [3.8, 4) is 0 Å². The van der Waals surface area contributed by atoms with Crippen LogP contribution in [-0.4, -0.2) is 29.9 Å². The highest BCUT2D eigenvalue weighted by Crippen LogP contribution is 2.04.